The second-order valence-electron chi connectivity index (χ2n) is 4.22. The molecule has 0 atom stereocenters. The first kappa shape index (κ1) is 11.4. The van der Waals surface area contributed by atoms with Crippen LogP contribution < -0.4 is 5.73 Å². The molecule has 0 spiro atoms. The Morgan fingerprint density at radius 1 is 1.18 bits per heavy atom. The van der Waals surface area contributed by atoms with Gasteiger partial charge in [0.1, 0.15) is 5.82 Å². The van der Waals surface area contributed by atoms with Crippen LogP contribution in [0.2, 0.25) is 0 Å². The van der Waals surface area contributed by atoms with Gasteiger partial charge in [-0.05, 0) is 18.6 Å². The van der Waals surface area contributed by atoms with E-state index in [0.717, 1.165) is 11.1 Å². The topological polar surface area (TPSA) is 77.6 Å². The van der Waals surface area contributed by atoms with Crippen molar-refractivity contribution >= 4 is 5.95 Å². The van der Waals surface area contributed by atoms with Gasteiger partial charge in [-0.2, -0.15) is 9.97 Å². The van der Waals surface area contributed by atoms with E-state index in [1.807, 2.05) is 26.8 Å². The van der Waals surface area contributed by atoms with E-state index in [0.29, 0.717) is 11.6 Å². The summed E-state index contributed by atoms with van der Waals surface area (Å²) in [5, 5.41) is 0. The number of nitrogen functional groups attached to an aromatic ring is 1. The Morgan fingerprint density at radius 2 is 1.94 bits per heavy atom. The lowest BCUT2D eigenvalue weighted by atomic mass is 10.1. The van der Waals surface area contributed by atoms with E-state index in [2.05, 4.69) is 19.9 Å². The number of pyridine rings is 1. The fourth-order valence-corrected chi connectivity index (χ4v) is 1.49. The molecular weight excluding hydrogens is 214 g/mol. The highest BCUT2D eigenvalue weighted by molar-refractivity contribution is 5.58. The van der Waals surface area contributed by atoms with E-state index in [1.54, 1.807) is 12.4 Å². The first-order chi connectivity index (χ1) is 8.08. The molecule has 0 radical (unpaired) electrons. The fraction of sp³-hybridized carbons (Fsp3) is 0.333. The number of aryl methyl sites for hydroxylation is 1. The highest BCUT2D eigenvalue weighted by Gasteiger charge is 2.11. The van der Waals surface area contributed by atoms with Crippen molar-refractivity contribution in [1.29, 1.82) is 0 Å². The van der Waals surface area contributed by atoms with Crippen LogP contribution in [0.4, 0.5) is 5.95 Å². The molecule has 0 amide bonds. The van der Waals surface area contributed by atoms with Crippen LogP contribution in [-0.2, 0) is 0 Å². The molecule has 0 fully saturated rings. The fourth-order valence-electron chi connectivity index (χ4n) is 1.49. The molecule has 17 heavy (non-hydrogen) atoms. The zero-order valence-corrected chi connectivity index (χ0v) is 10.2. The SMILES string of the molecule is Cc1ccncc1-c1nc(N)nc(C(C)C)n1. The number of rotatable bonds is 2. The lowest BCUT2D eigenvalue weighted by Crippen LogP contribution is -2.06. The minimum atomic E-state index is 0.219. The Morgan fingerprint density at radius 3 is 2.59 bits per heavy atom. The zero-order chi connectivity index (χ0) is 12.4. The van der Waals surface area contributed by atoms with E-state index in [4.69, 9.17) is 5.73 Å². The van der Waals surface area contributed by atoms with E-state index >= 15 is 0 Å². The molecule has 2 N–H and O–H groups in total. The van der Waals surface area contributed by atoms with Crippen molar-refractivity contribution < 1.29 is 0 Å². The van der Waals surface area contributed by atoms with Gasteiger partial charge in [0.25, 0.3) is 0 Å². The van der Waals surface area contributed by atoms with Gasteiger partial charge in [-0.1, -0.05) is 13.8 Å². The van der Waals surface area contributed by atoms with Crippen molar-refractivity contribution in [2.75, 3.05) is 5.73 Å². The van der Waals surface area contributed by atoms with Gasteiger partial charge in [-0.25, -0.2) is 4.98 Å². The van der Waals surface area contributed by atoms with E-state index in [9.17, 15) is 0 Å². The third kappa shape index (κ3) is 2.38. The maximum absolute atomic E-state index is 5.70. The molecule has 2 aromatic rings. The Hall–Kier alpha value is -2.04. The van der Waals surface area contributed by atoms with Gasteiger partial charge >= 0.3 is 0 Å². The summed E-state index contributed by atoms with van der Waals surface area (Å²) in [5.41, 5.74) is 7.66. The van der Waals surface area contributed by atoms with Crippen LogP contribution >= 0.6 is 0 Å². The molecule has 0 aromatic carbocycles. The van der Waals surface area contributed by atoms with Gasteiger partial charge in [-0.3, -0.25) is 4.98 Å². The third-order valence-electron chi connectivity index (χ3n) is 2.47. The van der Waals surface area contributed by atoms with Crippen LogP contribution in [0.15, 0.2) is 18.5 Å². The second kappa shape index (κ2) is 4.45. The van der Waals surface area contributed by atoms with Gasteiger partial charge in [0, 0.05) is 23.9 Å². The molecular formula is C12H15N5. The smallest absolute Gasteiger partial charge is 0.223 e. The number of anilines is 1. The Balaban J connectivity index is 2.56. The Kier molecular flexibility index (Phi) is 2.99. The molecule has 5 heteroatoms. The third-order valence-corrected chi connectivity index (χ3v) is 2.47. The summed E-state index contributed by atoms with van der Waals surface area (Å²) in [5.74, 6) is 1.76. The average molecular weight is 229 g/mol. The first-order valence-corrected chi connectivity index (χ1v) is 5.50. The minimum Gasteiger partial charge on any atom is -0.368 e. The van der Waals surface area contributed by atoms with Crippen LogP contribution in [0.25, 0.3) is 11.4 Å². The number of hydrogen-bond donors (Lipinski definition) is 1. The molecule has 0 saturated carbocycles. The molecule has 0 saturated heterocycles. The van der Waals surface area contributed by atoms with Gasteiger partial charge in [0.15, 0.2) is 5.82 Å². The van der Waals surface area contributed by atoms with Crippen LogP contribution in [0, 0.1) is 6.92 Å². The molecule has 0 aliphatic heterocycles. The van der Waals surface area contributed by atoms with Crippen LogP contribution in [0.5, 0.6) is 0 Å². The summed E-state index contributed by atoms with van der Waals surface area (Å²) in [6, 6.07) is 1.92. The van der Waals surface area contributed by atoms with Crippen molar-refractivity contribution in [2.45, 2.75) is 26.7 Å². The van der Waals surface area contributed by atoms with Gasteiger partial charge < -0.3 is 5.73 Å². The molecule has 88 valence electrons. The van der Waals surface area contributed by atoms with Crippen molar-refractivity contribution in [3.05, 3.63) is 29.8 Å². The summed E-state index contributed by atoms with van der Waals surface area (Å²) in [6.45, 7) is 6.04. The van der Waals surface area contributed by atoms with Gasteiger partial charge in [0.05, 0.1) is 0 Å². The Bertz CT molecular complexity index is 536. The molecule has 5 nitrogen and oxygen atoms in total. The summed E-state index contributed by atoms with van der Waals surface area (Å²) in [4.78, 5) is 16.8. The van der Waals surface area contributed by atoms with Crippen molar-refractivity contribution in [2.24, 2.45) is 0 Å². The molecule has 0 aliphatic carbocycles. The normalized spacial score (nSPS) is 10.8. The predicted octanol–water partition coefficient (Wildman–Crippen LogP) is 1.95. The van der Waals surface area contributed by atoms with Crippen molar-refractivity contribution in [1.82, 2.24) is 19.9 Å². The van der Waals surface area contributed by atoms with Crippen molar-refractivity contribution in [3.8, 4) is 11.4 Å². The Labute approximate surface area is 100 Å². The van der Waals surface area contributed by atoms with Crippen LogP contribution in [0.1, 0.15) is 31.2 Å². The molecule has 2 aromatic heterocycles. The maximum Gasteiger partial charge on any atom is 0.223 e. The molecule has 2 heterocycles. The van der Waals surface area contributed by atoms with Crippen molar-refractivity contribution in [3.63, 3.8) is 0 Å². The van der Waals surface area contributed by atoms with E-state index < -0.39 is 0 Å². The minimum absolute atomic E-state index is 0.219. The maximum atomic E-state index is 5.70. The highest BCUT2D eigenvalue weighted by atomic mass is 15.1. The first-order valence-electron chi connectivity index (χ1n) is 5.50. The van der Waals surface area contributed by atoms with Crippen LogP contribution in [-0.4, -0.2) is 19.9 Å². The standard InChI is InChI=1S/C12H15N5/c1-7(2)10-15-11(17-12(13)16-10)9-6-14-5-4-8(9)3/h4-7H,1-3H3,(H2,13,15,16,17). The largest absolute Gasteiger partial charge is 0.368 e. The molecule has 0 bridgehead atoms. The van der Waals surface area contributed by atoms with Gasteiger partial charge in [-0.15, -0.1) is 0 Å². The summed E-state index contributed by atoms with van der Waals surface area (Å²) in [6.07, 6.45) is 3.49. The lowest BCUT2D eigenvalue weighted by Gasteiger charge is -2.08. The second-order valence-corrected chi connectivity index (χ2v) is 4.22. The monoisotopic (exact) mass is 229 g/mol. The summed E-state index contributed by atoms with van der Waals surface area (Å²) >= 11 is 0. The predicted molar refractivity (Wildman–Crippen MR) is 66.3 cm³/mol. The number of aromatic nitrogens is 4. The number of nitrogens with two attached hydrogens (primary N) is 1. The summed E-state index contributed by atoms with van der Waals surface area (Å²) < 4.78 is 0. The molecule has 0 aliphatic rings. The molecule has 2 rings (SSSR count). The number of hydrogen-bond acceptors (Lipinski definition) is 5. The summed E-state index contributed by atoms with van der Waals surface area (Å²) in [7, 11) is 0. The zero-order valence-electron chi connectivity index (χ0n) is 10.2. The van der Waals surface area contributed by atoms with E-state index in [1.165, 1.54) is 0 Å². The van der Waals surface area contributed by atoms with Gasteiger partial charge in [0.2, 0.25) is 5.95 Å². The number of nitrogens with zero attached hydrogens (tertiary/aromatic N) is 4. The highest BCUT2D eigenvalue weighted by Crippen LogP contribution is 2.20. The van der Waals surface area contributed by atoms with E-state index in [-0.39, 0.29) is 11.9 Å². The van der Waals surface area contributed by atoms with Crippen LogP contribution in [0.3, 0.4) is 0 Å². The molecule has 0 unspecified atom stereocenters. The quantitative estimate of drug-likeness (QED) is 0.851. The lowest BCUT2D eigenvalue weighted by molar-refractivity contribution is 0.767. The average Bonchev–Trinajstić information content (AvgIpc) is 2.28.